The first-order valence-corrected chi connectivity index (χ1v) is 3.88. The summed E-state index contributed by atoms with van der Waals surface area (Å²) in [5.74, 6) is -0.0618. The van der Waals surface area contributed by atoms with Gasteiger partial charge in [0.05, 0.1) is 19.3 Å². The van der Waals surface area contributed by atoms with Gasteiger partial charge in [-0.1, -0.05) is 0 Å². The summed E-state index contributed by atoms with van der Waals surface area (Å²) in [5.41, 5.74) is 0.599. The molecule has 4 heteroatoms. The Morgan fingerprint density at radius 2 is 2.50 bits per heavy atom. The van der Waals surface area contributed by atoms with Crippen LogP contribution in [-0.2, 0) is 4.74 Å². The second-order valence-electron chi connectivity index (χ2n) is 2.79. The fourth-order valence-corrected chi connectivity index (χ4v) is 1.05. The van der Waals surface area contributed by atoms with E-state index in [1.165, 1.54) is 0 Å². The summed E-state index contributed by atoms with van der Waals surface area (Å²) in [6, 6.07) is 3.74. The van der Waals surface area contributed by atoms with Crippen molar-refractivity contribution in [1.29, 1.82) is 0 Å². The lowest BCUT2D eigenvalue weighted by Crippen LogP contribution is -2.48. The number of nitrogens with one attached hydrogen (secondary N) is 2. The molecular formula is C8H10N2O2. The van der Waals surface area contributed by atoms with E-state index in [9.17, 15) is 4.79 Å². The number of ether oxygens (including phenoxy) is 1. The maximum atomic E-state index is 11.3. The Hall–Kier alpha value is -1.29. The molecule has 2 rings (SSSR count). The number of aromatic amines is 1. The van der Waals surface area contributed by atoms with E-state index in [-0.39, 0.29) is 11.9 Å². The molecule has 1 aliphatic heterocycles. The van der Waals surface area contributed by atoms with Crippen LogP contribution in [0, 0.1) is 0 Å². The summed E-state index contributed by atoms with van der Waals surface area (Å²) < 4.78 is 4.93. The van der Waals surface area contributed by atoms with Crippen LogP contribution in [-0.4, -0.2) is 30.1 Å². The van der Waals surface area contributed by atoms with Gasteiger partial charge in [-0.05, 0) is 12.1 Å². The SMILES string of the molecule is O=C(NC1COC1)c1ccc[nH]1. The number of aromatic nitrogens is 1. The third-order valence-corrected chi connectivity index (χ3v) is 1.82. The van der Waals surface area contributed by atoms with Crippen molar-refractivity contribution in [1.82, 2.24) is 10.3 Å². The van der Waals surface area contributed by atoms with Gasteiger partial charge < -0.3 is 15.0 Å². The number of amides is 1. The highest BCUT2D eigenvalue weighted by molar-refractivity contribution is 5.92. The monoisotopic (exact) mass is 166 g/mol. The van der Waals surface area contributed by atoms with Crippen LogP contribution in [0.2, 0.25) is 0 Å². The van der Waals surface area contributed by atoms with Crippen LogP contribution in [0.25, 0.3) is 0 Å². The summed E-state index contributed by atoms with van der Waals surface area (Å²) >= 11 is 0. The molecule has 0 radical (unpaired) electrons. The number of carbonyl (C=O) groups excluding carboxylic acids is 1. The molecule has 1 aliphatic rings. The number of hydrogen-bond donors (Lipinski definition) is 2. The third kappa shape index (κ3) is 1.33. The molecule has 0 spiro atoms. The van der Waals surface area contributed by atoms with Gasteiger partial charge in [0.1, 0.15) is 5.69 Å². The largest absolute Gasteiger partial charge is 0.377 e. The highest BCUT2D eigenvalue weighted by Gasteiger charge is 2.20. The lowest BCUT2D eigenvalue weighted by Gasteiger charge is -2.26. The molecule has 1 aromatic heterocycles. The van der Waals surface area contributed by atoms with E-state index < -0.39 is 0 Å². The smallest absolute Gasteiger partial charge is 0.268 e. The Kier molecular flexibility index (Phi) is 1.83. The van der Waals surface area contributed by atoms with Gasteiger partial charge >= 0.3 is 0 Å². The van der Waals surface area contributed by atoms with Crippen molar-refractivity contribution in [3.05, 3.63) is 24.0 Å². The number of H-pyrrole nitrogens is 1. The quantitative estimate of drug-likeness (QED) is 0.656. The molecule has 1 saturated heterocycles. The Morgan fingerprint density at radius 1 is 1.67 bits per heavy atom. The zero-order chi connectivity index (χ0) is 8.39. The van der Waals surface area contributed by atoms with Crippen LogP contribution >= 0.6 is 0 Å². The predicted molar refractivity (Wildman–Crippen MR) is 42.9 cm³/mol. The Balaban J connectivity index is 1.92. The topological polar surface area (TPSA) is 54.1 Å². The average Bonchev–Trinajstić information content (AvgIpc) is 2.47. The minimum atomic E-state index is -0.0618. The molecule has 64 valence electrons. The molecule has 0 bridgehead atoms. The van der Waals surface area contributed by atoms with Crippen molar-refractivity contribution in [2.24, 2.45) is 0 Å². The van der Waals surface area contributed by atoms with Gasteiger partial charge in [-0.25, -0.2) is 0 Å². The molecule has 0 atom stereocenters. The molecule has 4 nitrogen and oxygen atoms in total. The highest BCUT2D eigenvalue weighted by Crippen LogP contribution is 2.01. The van der Waals surface area contributed by atoms with Crippen LogP contribution < -0.4 is 5.32 Å². The molecule has 2 N–H and O–H groups in total. The molecule has 0 saturated carbocycles. The van der Waals surface area contributed by atoms with E-state index in [1.807, 2.05) is 0 Å². The van der Waals surface area contributed by atoms with Crippen LogP contribution in [0.5, 0.6) is 0 Å². The molecular weight excluding hydrogens is 156 g/mol. The Bertz CT molecular complexity index is 265. The summed E-state index contributed by atoms with van der Waals surface area (Å²) in [6.07, 6.45) is 1.73. The van der Waals surface area contributed by atoms with E-state index in [4.69, 9.17) is 4.74 Å². The first-order valence-electron chi connectivity index (χ1n) is 3.88. The van der Waals surface area contributed by atoms with Crippen molar-refractivity contribution >= 4 is 5.91 Å². The van der Waals surface area contributed by atoms with Gasteiger partial charge in [0, 0.05) is 6.20 Å². The summed E-state index contributed by atoms with van der Waals surface area (Å²) in [7, 11) is 0. The van der Waals surface area contributed by atoms with Crippen LogP contribution in [0.15, 0.2) is 18.3 Å². The van der Waals surface area contributed by atoms with Gasteiger partial charge in [0.25, 0.3) is 5.91 Å². The number of rotatable bonds is 2. The maximum Gasteiger partial charge on any atom is 0.268 e. The lowest BCUT2D eigenvalue weighted by molar-refractivity contribution is -0.00353. The van der Waals surface area contributed by atoms with E-state index in [0.29, 0.717) is 18.9 Å². The van der Waals surface area contributed by atoms with Crippen LogP contribution in [0.1, 0.15) is 10.5 Å². The zero-order valence-corrected chi connectivity index (χ0v) is 6.54. The minimum Gasteiger partial charge on any atom is -0.377 e. The molecule has 0 aliphatic carbocycles. The molecule has 12 heavy (non-hydrogen) atoms. The van der Waals surface area contributed by atoms with E-state index >= 15 is 0 Å². The summed E-state index contributed by atoms with van der Waals surface area (Å²) in [5, 5.41) is 2.82. The van der Waals surface area contributed by atoms with Gasteiger partial charge in [-0.3, -0.25) is 4.79 Å². The first-order chi connectivity index (χ1) is 5.86. The molecule has 0 unspecified atom stereocenters. The molecule has 2 heterocycles. The Morgan fingerprint density at radius 3 is 3.00 bits per heavy atom. The van der Waals surface area contributed by atoms with Crippen LogP contribution in [0.3, 0.4) is 0 Å². The fraction of sp³-hybridized carbons (Fsp3) is 0.375. The molecule has 1 fully saturated rings. The van der Waals surface area contributed by atoms with Gasteiger partial charge in [-0.2, -0.15) is 0 Å². The van der Waals surface area contributed by atoms with E-state index in [1.54, 1.807) is 18.3 Å². The number of hydrogen-bond acceptors (Lipinski definition) is 2. The van der Waals surface area contributed by atoms with E-state index in [0.717, 1.165) is 0 Å². The second-order valence-corrected chi connectivity index (χ2v) is 2.79. The fourth-order valence-electron chi connectivity index (χ4n) is 1.05. The standard InChI is InChI=1S/C8H10N2O2/c11-8(7-2-1-3-9-7)10-6-4-12-5-6/h1-3,6,9H,4-5H2,(H,10,11). The van der Waals surface area contributed by atoms with E-state index in [2.05, 4.69) is 10.3 Å². The maximum absolute atomic E-state index is 11.3. The minimum absolute atomic E-state index is 0.0618. The molecule has 0 aromatic carbocycles. The van der Waals surface area contributed by atoms with Crippen molar-refractivity contribution in [2.75, 3.05) is 13.2 Å². The highest BCUT2D eigenvalue weighted by atomic mass is 16.5. The normalized spacial score (nSPS) is 17.0. The average molecular weight is 166 g/mol. The third-order valence-electron chi connectivity index (χ3n) is 1.82. The summed E-state index contributed by atoms with van der Waals surface area (Å²) in [6.45, 7) is 1.26. The van der Waals surface area contributed by atoms with Crippen LogP contribution in [0.4, 0.5) is 0 Å². The van der Waals surface area contributed by atoms with Gasteiger partial charge in [-0.15, -0.1) is 0 Å². The van der Waals surface area contributed by atoms with Crippen molar-refractivity contribution in [3.8, 4) is 0 Å². The van der Waals surface area contributed by atoms with Gasteiger partial charge in [0.2, 0.25) is 0 Å². The summed E-state index contributed by atoms with van der Waals surface area (Å²) in [4.78, 5) is 14.1. The van der Waals surface area contributed by atoms with Gasteiger partial charge in [0.15, 0.2) is 0 Å². The van der Waals surface area contributed by atoms with Crippen molar-refractivity contribution in [2.45, 2.75) is 6.04 Å². The second kappa shape index (κ2) is 2.98. The molecule has 1 amide bonds. The predicted octanol–water partition coefficient (Wildman–Crippen LogP) is 0.143. The zero-order valence-electron chi connectivity index (χ0n) is 6.54. The van der Waals surface area contributed by atoms with Crippen molar-refractivity contribution < 1.29 is 9.53 Å². The Labute approximate surface area is 69.9 Å². The lowest BCUT2D eigenvalue weighted by atomic mass is 10.2. The number of carbonyl (C=O) groups is 1. The first kappa shape index (κ1) is 7.36. The van der Waals surface area contributed by atoms with Crippen molar-refractivity contribution in [3.63, 3.8) is 0 Å². The molecule has 1 aromatic rings.